The molecule has 2 aliphatic rings. The molecule has 1 aromatic carbocycles. The molecule has 2 aromatic heterocycles. The lowest BCUT2D eigenvalue weighted by Gasteiger charge is -2.37. The van der Waals surface area contributed by atoms with Gasteiger partial charge in [0, 0.05) is 58.9 Å². The number of aromatic nitrogens is 4. The van der Waals surface area contributed by atoms with Crippen molar-refractivity contribution in [1.29, 1.82) is 0 Å². The first-order valence-electron chi connectivity index (χ1n) is 13.7. The van der Waals surface area contributed by atoms with Crippen LogP contribution in [0.25, 0.3) is 11.0 Å². The maximum absolute atomic E-state index is 5.63. The summed E-state index contributed by atoms with van der Waals surface area (Å²) in [7, 11) is 8.59. The molecule has 0 atom stereocenters. The number of fused-ring (bicyclic) bond motifs is 1. The van der Waals surface area contributed by atoms with E-state index in [4.69, 9.17) is 19.7 Å². The highest BCUT2D eigenvalue weighted by atomic mass is 16.5. The van der Waals surface area contributed by atoms with Crippen LogP contribution in [0.3, 0.4) is 0 Å². The fourth-order valence-corrected chi connectivity index (χ4v) is 5.30. The fraction of sp³-hybridized carbons (Fsp3) is 0.571. The molecule has 5 rings (SSSR count). The van der Waals surface area contributed by atoms with Crippen molar-refractivity contribution < 1.29 is 4.74 Å². The van der Waals surface area contributed by atoms with Gasteiger partial charge >= 0.3 is 0 Å². The van der Waals surface area contributed by atoms with Gasteiger partial charge in [-0.3, -0.25) is 0 Å². The molecular weight excluding hydrogens is 478 g/mol. The van der Waals surface area contributed by atoms with Gasteiger partial charge in [0.05, 0.1) is 13.2 Å². The molecule has 38 heavy (non-hydrogen) atoms. The predicted octanol–water partition coefficient (Wildman–Crippen LogP) is 2.36. The Morgan fingerprint density at radius 3 is 2.29 bits per heavy atom. The van der Waals surface area contributed by atoms with Gasteiger partial charge in [-0.05, 0) is 39.5 Å². The number of rotatable bonds is 9. The highest BCUT2D eigenvalue weighted by Crippen LogP contribution is 2.31. The summed E-state index contributed by atoms with van der Waals surface area (Å²) in [5.41, 5.74) is 2.84. The molecule has 2 saturated heterocycles. The second-order valence-corrected chi connectivity index (χ2v) is 10.7. The number of piperidine rings is 1. The number of hydrogen-bond acceptors (Lipinski definition) is 10. The minimum atomic E-state index is 0.585. The molecule has 2 fully saturated rings. The minimum Gasteiger partial charge on any atom is -0.378 e. The van der Waals surface area contributed by atoms with Crippen molar-refractivity contribution in [3.8, 4) is 0 Å². The van der Waals surface area contributed by atoms with Gasteiger partial charge in [0.25, 0.3) is 0 Å². The number of hydrogen-bond donors (Lipinski definition) is 0. The van der Waals surface area contributed by atoms with Gasteiger partial charge in [-0.25, -0.2) is 15.0 Å². The Bertz CT molecular complexity index is 1180. The first-order valence-corrected chi connectivity index (χ1v) is 13.7. The number of likely N-dealkylation sites (N-methyl/N-ethyl adjacent to an activating group) is 2. The van der Waals surface area contributed by atoms with Crippen LogP contribution in [0.15, 0.2) is 36.7 Å². The lowest BCUT2D eigenvalue weighted by atomic mass is 10.0. The van der Waals surface area contributed by atoms with E-state index in [1.807, 2.05) is 6.07 Å². The Morgan fingerprint density at radius 1 is 0.842 bits per heavy atom. The maximum atomic E-state index is 5.63. The molecule has 0 N–H and O–H groups in total. The van der Waals surface area contributed by atoms with Crippen molar-refractivity contribution >= 4 is 28.6 Å². The van der Waals surface area contributed by atoms with E-state index in [2.05, 4.69) is 81.9 Å². The largest absolute Gasteiger partial charge is 0.378 e. The first-order chi connectivity index (χ1) is 18.5. The van der Waals surface area contributed by atoms with Crippen molar-refractivity contribution in [2.75, 3.05) is 95.4 Å². The molecule has 10 heteroatoms. The summed E-state index contributed by atoms with van der Waals surface area (Å²) in [6.45, 7) is 7.75. The number of anilines is 3. The van der Waals surface area contributed by atoms with Crippen LogP contribution in [0.4, 0.5) is 17.6 Å². The SMILES string of the molecule is CN(C)CCN(C)C1CCN(c2nc(N3CCOCC3)c3ncnc(N(C)Cc4ccccc4)c3n2)CC1. The maximum Gasteiger partial charge on any atom is 0.228 e. The zero-order chi connectivity index (χ0) is 26.5. The highest BCUT2D eigenvalue weighted by molar-refractivity contribution is 5.94. The third-order valence-electron chi connectivity index (χ3n) is 7.64. The Balaban J connectivity index is 1.44. The second-order valence-electron chi connectivity index (χ2n) is 10.7. The molecule has 0 unspecified atom stereocenters. The Kier molecular flexibility index (Phi) is 8.51. The average Bonchev–Trinajstić information content (AvgIpc) is 2.96. The van der Waals surface area contributed by atoms with Crippen molar-refractivity contribution in [2.45, 2.75) is 25.4 Å². The van der Waals surface area contributed by atoms with Gasteiger partial charge in [-0.15, -0.1) is 0 Å². The lowest BCUT2D eigenvalue weighted by molar-refractivity contribution is 0.122. The molecule has 0 spiro atoms. The van der Waals surface area contributed by atoms with Crippen molar-refractivity contribution in [1.82, 2.24) is 29.7 Å². The van der Waals surface area contributed by atoms with Gasteiger partial charge in [0.2, 0.25) is 5.95 Å². The summed E-state index contributed by atoms with van der Waals surface area (Å²) in [6, 6.07) is 11.0. The van der Waals surface area contributed by atoms with Crippen LogP contribution in [0, 0.1) is 0 Å². The summed E-state index contributed by atoms with van der Waals surface area (Å²) in [6.07, 6.45) is 3.84. The van der Waals surface area contributed by atoms with E-state index in [1.165, 1.54) is 5.56 Å². The summed E-state index contributed by atoms with van der Waals surface area (Å²) in [5.74, 6) is 2.49. The number of ether oxygens (including phenoxy) is 1. The number of benzene rings is 1. The molecule has 0 bridgehead atoms. The van der Waals surface area contributed by atoms with Crippen molar-refractivity contribution in [3.63, 3.8) is 0 Å². The quantitative estimate of drug-likeness (QED) is 0.420. The summed E-state index contributed by atoms with van der Waals surface area (Å²) >= 11 is 0. The zero-order valence-corrected chi connectivity index (χ0v) is 23.3. The van der Waals surface area contributed by atoms with E-state index < -0.39 is 0 Å². The van der Waals surface area contributed by atoms with Crippen LogP contribution < -0.4 is 14.7 Å². The van der Waals surface area contributed by atoms with Crippen LogP contribution in [-0.4, -0.2) is 116 Å². The van der Waals surface area contributed by atoms with E-state index in [1.54, 1.807) is 6.33 Å². The molecule has 0 saturated carbocycles. The molecule has 3 aromatic rings. The fourth-order valence-electron chi connectivity index (χ4n) is 5.30. The number of nitrogens with zero attached hydrogens (tertiary/aromatic N) is 9. The molecular formula is C28H41N9O. The smallest absolute Gasteiger partial charge is 0.228 e. The average molecular weight is 520 g/mol. The minimum absolute atomic E-state index is 0.585. The van der Waals surface area contributed by atoms with Gasteiger partial charge in [0.1, 0.15) is 17.4 Å². The zero-order valence-electron chi connectivity index (χ0n) is 23.3. The summed E-state index contributed by atoms with van der Waals surface area (Å²) in [4.78, 5) is 31.2. The molecule has 10 nitrogen and oxygen atoms in total. The summed E-state index contributed by atoms with van der Waals surface area (Å²) in [5, 5.41) is 0. The Hall–Kier alpha value is -3.08. The third-order valence-corrected chi connectivity index (χ3v) is 7.64. The van der Waals surface area contributed by atoms with Crippen LogP contribution >= 0.6 is 0 Å². The van der Waals surface area contributed by atoms with Gasteiger partial charge in [0.15, 0.2) is 11.6 Å². The topological polar surface area (TPSA) is 77.0 Å². The molecule has 204 valence electrons. The molecule has 2 aliphatic heterocycles. The van der Waals surface area contributed by atoms with E-state index in [0.29, 0.717) is 19.3 Å². The van der Waals surface area contributed by atoms with Crippen LogP contribution in [0.1, 0.15) is 18.4 Å². The van der Waals surface area contributed by atoms with Crippen LogP contribution in [0.5, 0.6) is 0 Å². The standard InChI is InChI=1S/C28H41N9O/c1-33(2)14-15-34(3)23-10-12-37(13-11-23)28-31-25-24(27(32-28)36-16-18-38-19-17-36)29-21-30-26(25)35(4)20-22-8-6-5-7-9-22/h5-9,21,23H,10-20H2,1-4H3. The number of morpholine rings is 1. The molecule has 0 radical (unpaired) electrons. The molecule has 4 heterocycles. The normalized spacial score (nSPS) is 17.1. The summed E-state index contributed by atoms with van der Waals surface area (Å²) < 4.78 is 5.63. The van der Waals surface area contributed by atoms with Crippen molar-refractivity contribution in [2.24, 2.45) is 0 Å². The highest BCUT2D eigenvalue weighted by Gasteiger charge is 2.27. The van der Waals surface area contributed by atoms with E-state index >= 15 is 0 Å². The predicted molar refractivity (Wildman–Crippen MR) is 153 cm³/mol. The Morgan fingerprint density at radius 2 is 1.58 bits per heavy atom. The lowest BCUT2D eigenvalue weighted by Crippen LogP contribution is -2.45. The first kappa shape index (κ1) is 26.5. The molecule has 0 aliphatic carbocycles. The van der Waals surface area contributed by atoms with Gasteiger partial charge < -0.3 is 29.2 Å². The molecule has 0 amide bonds. The van der Waals surface area contributed by atoms with Gasteiger partial charge in [-0.1, -0.05) is 30.3 Å². The third kappa shape index (κ3) is 6.14. The monoisotopic (exact) mass is 519 g/mol. The van der Waals surface area contributed by atoms with Crippen molar-refractivity contribution in [3.05, 3.63) is 42.2 Å². The van der Waals surface area contributed by atoms with E-state index in [-0.39, 0.29) is 0 Å². The van der Waals surface area contributed by atoms with E-state index in [9.17, 15) is 0 Å². The van der Waals surface area contributed by atoms with Gasteiger partial charge in [-0.2, -0.15) is 4.98 Å². The van der Waals surface area contributed by atoms with Crippen LogP contribution in [-0.2, 0) is 11.3 Å². The Labute approximate surface area is 226 Å². The van der Waals surface area contributed by atoms with E-state index in [0.717, 1.165) is 87.3 Å². The van der Waals surface area contributed by atoms with Crippen LogP contribution in [0.2, 0.25) is 0 Å². The second kappa shape index (κ2) is 12.2.